The van der Waals surface area contributed by atoms with Crippen LogP contribution in [0, 0.1) is 18.2 Å². The van der Waals surface area contributed by atoms with Crippen molar-refractivity contribution in [1.29, 1.82) is 0 Å². The molecule has 1 aliphatic heterocycles. The third kappa shape index (κ3) is 2.83. The van der Waals surface area contributed by atoms with Gasteiger partial charge in [0, 0.05) is 25.7 Å². The normalized spacial score (nSPS) is 21.2. The summed E-state index contributed by atoms with van der Waals surface area (Å²) in [6.07, 6.45) is 0. The van der Waals surface area contributed by atoms with Crippen LogP contribution in [0.25, 0.3) is 0 Å². The molecule has 3 heteroatoms. The van der Waals surface area contributed by atoms with Gasteiger partial charge in [-0.3, -0.25) is 0 Å². The molecule has 2 nitrogen and oxygen atoms in total. The number of anilines is 1. The van der Waals surface area contributed by atoms with E-state index >= 15 is 0 Å². The van der Waals surface area contributed by atoms with E-state index in [0.717, 1.165) is 30.9 Å². The van der Waals surface area contributed by atoms with Crippen molar-refractivity contribution in [2.45, 2.75) is 33.7 Å². The summed E-state index contributed by atoms with van der Waals surface area (Å²) in [5.74, 6) is -0.107. The second-order valence-electron chi connectivity index (χ2n) is 6.27. The number of benzene rings is 1. The fraction of sp³-hybridized carbons (Fsp3) is 0.600. The summed E-state index contributed by atoms with van der Waals surface area (Å²) in [6.45, 7) is 11.2. The van der Waals surface area contributed by atoms with Gasteiger partial charge < -0.3 is 10.2 Å². The number of hydrogen-bond acceptors (Lipinski definition) is 2. The molecule has 0 spiro atoms. The minimum Gasteiger partial charge on any atom is -0.366 e. The number of nitrogens with zero attached hydrogens (tertiary/aromatic N) is 1. The number of piperazine rings is 1. The summed E-state index contributed by atoms with van der Waals surface area (Å²) in [4.78, 5) is 2.15. The summed E-state index contributed by atoms with van der Waals surface area (Å²) in [7, 11) is 0. The third-order valence-electron chi connectivity index (χ3n) is 3.66. The molecule has 2 rings (SSSR count). The summed E-state index contributed by atoms with van der Waals surface area (Å²) < 4.78 is 14.0. The van der Waals surface area contributed by atoms with Gasteiger partial charge >= 0.3 is 0 Å². The first-order valence-corrected chi connectivity index (χ1v) is 6.62. The quantitative estimate of drug-likeness (QED) is 0.824. The zero-order valence-electron chi connectivity index (χ0n) is 11.8. The zero-order valence-corrected chi connectivity index (χ0v) is 11.8. The molecule has 1 saturated heterocycles. The van der Waals surface area contributed by atoms with Gasteiger partial charge in [-0.15, -0.1) is 0 Å². The van der Waals surface area contributed by atoms with Gasteiger partial charge in [0.25, 0.3) is 0 Å². The van der Waals surface area contributed by atoms with Crippen LogP contribution in [0.1, 0.15) is 26.3 Å². The standard InChI is InChI=1S/C15H23FN2/c1-11-5-6-13(12(16)9-11)18-8-7-17-14(10-18)15(2,3)4/h5-6,9,14,17H,7-8,10H2,1-4H3. The van der Waals surface area contributed by atoms with E-state index in [1.807, 2.05) is 19.1 Å². The second kappa shape index (κ2) is 4.88. The molecule has 100 valence electrons. The number of aryl methyl sites for hydroxylation is 1. The van der Waals surface area contributed by atoms with Crippen LogP contribution in [0.4, 0.5) is 10.1 Å². The van der Waals surface area contributed by atoms with E-state index in [2.05, 4.69) is 31.0 Å². The zero-order chi connectivity index (χ0) is 13.3. The summed E-state index contributed by atoms with van der Waals surface area (Å²) in [5.41, 5.74) is 1.90. The summed E-state index contributed by atoms with van der Waals surface area (Å²) in [5, 5.41) is 3.53. The Kier molecular flexibility index (Phi) is 3.62. The molecule has 18 heavy (non-hydrogen) atoms. The molecule has 1 aromatic rings. The molecule has 1 N–H and O–H groups in total. The fourth-order valence-electron chi connectivity index (χ4n) is 2.42. The Morgan fingerprint density at radius 2 is 2.06 bits per heavy atom. The molecule has 1 atom stereocenters. The summed E-state index contributed by atoms with van der Waals surface area (Å²) in [6, 6.07) is 5.89. The molecule has 1 heterocycles. The number of nitrogens with one attached hydrogen (secondary N) is 1. The first kappa shape index (κ1) is 13.3. The maximum atomic E-state index is 14.0. The maximum Gasteiger partial charge on any atom is 0.146 e. The van der Waals surface area contributed by atoms with Gasteiger partial charge in [-0.2, -0.15) is 0 Å². The Hall–Kier alpha value is -1.09. The molecule has 0 aliphatic carbocycles. The van der Waals surface area contributed by atoms with Crippen molar-refractivity contribution in [3.05, 3.63) is 29.6 Å². The van der Waals surface area contributed by atoms with Crippen molar-refractivity contribution in [1.82, 2.24) is 5.32 Å². The lowest BCUT2D eigenvalue weighted by Crippen LogP contribution is -2.56. The molecule has 0 radical (unpaired) electrons. The number of rotatable bonds is 1. The molecule has 0 amide bonds. The maximum absolute atomic E-state index is 14.0. The average molecular weight is 250 g/mol. The van der Waals surface area contributed by atoms with E-state index < -0.39 is 0 Å². The highest BCUT2D eigenvalue weighted by atomic mass is 19.1. The lowest BCUT2D eigenvalue weighted by molar-refractivity contribution is 0.253. The minimum atomic E-state index is -0.107. The molecule has 1 aliphatic rings. The Balaban J connectivity index is 2.18. The van der Waals surface area contributed by atoms with Crippen molar-refractivity contribution in [2.75, 3.05) is 24.5 Å². The highest BCUT2D eigenvalue weighted by Gasteiger charge is 2.30. The monoisotopic (exact) mass is 250 g/mol. The predicted molar refractivity (Wildman–Crippen MR) is 74.6 cm³/mol. The van der Waals surface area contributed by atoms with Gasteiger partial charge in [0.05, 0.1) is 5.69 Å². The second-order valence-corrected chi connectivity index (χ2v) is 6.27. The van der Waals surface area contributed by atoms with Crippen molar-refractivity contribution in [3.63, 3.8) is 0 Å². The van der Waals surface area contributed by atoms with Gasteiger partial charge in [0.1, 0.15) is 5.82 Å². The van der Waals surface area contributed by atoms with Crippen molar-refractivity contribution in [2.24, 2.45) is 5.41 Å². The molecule has 0 bridgehead atoms. The first-order chi connectivity index (χ1) is 8.38. The van der Waals surface area contributed by atoms with E-state index in [0.29, 0.717) is 6.04 Å². The SMILES string of the molecule is Cc1ccc(N2CCNC(C(C)(C)C)C2)c(F)c1. The highest BCUT2D eigenvalue weighted by Crippen LogP contribution is 2.26. The average Bonchev–Trinajstić information content (AvgIpc) is 2.28. The lowest BCUT2D eigenvalue weighted by Gasteiger charge is -2.41. The molecular weight excluding hydrogens is 227 g/mol. The minimum absolute atomic E-state index is 0.107. The Bertz CT molecular complexity index is 423. The lowest BCUT2D eigenvalue weighted by atomic mass is 9.85. The van der Waals surface area contributed by atoms with Crippen molar-refractivity contribution >= 4 is 5.69 Å². The van der Waals surface area contributed by atoms with Crippen LogP contribution in [0.5, 0.6) is 0 Å². The topological polar surface area (TPSA) is 15.3 Å². The van der Waals surface area contributed by atoms with E-state index in [-0.39, 0.29) is 11.2 Å². The third-order valence-corrected chi connectivity index (χ3v) is 3.66. The van der Waals surface area contributed by atoms with Gasteiger partial charge in [-0.25, -0.2) is 4.39 Å². The van der Waals surface area contributed by atoms with Crippen LogP contribution in [0.3, 0.4) is 0 Å². The smallest absolute Gasteiger partial charge is 0.146 e. The van der Waals surface area contributed by atoms with Crippen molar-refractivity contribution < 1.29 is 4.39 Å². The van der Waals surface area contributed by atoms with E-state index in [9.17, 15) is 4.39 Å². The van der Waals surface area contributed by atoms with E-state index in [1.54, 1.807) is 6.07 Å². The predicted octanol–water partition coefficient (Wildman–Crippen LogP) is 2.96. The molecular formula is C15H23FN2. The van der Waals surface area contributed by atoms with Crippen LogP contribution in [-0.4, -0.2) is 25.7 Å². The van der Waals surface area contributed by atoms with Gasteiger partial charge in [0.15, 0.2) is 0 Å². The van der Waals surface area contributed by atoms with Crippen LogP contribution < -0.4 is 10.2 Å². The van der Waals surface area contributed by atoms with E-state index in [4.69, 9.17) is 0 Å². The molecule has 1 unspecified atom stereocenters. The molecule has 0 saturated carbocycles. The van der Waals surface area contributed by atoms with Crippen molar-refractivity contribution in [3.8, 4) is 0 Å². The Morgan fingerprint density at radius 3 is 2.67 bits per heavy atom. The van der Waals surface area contributed by atoms with E-state index in [1.165, 1.54) is 0 Å². The van der Waals surface area contributed by atoms with Gasteiger partial charge in [0.2, 0.25) is 0 Å². The van der Waals surface area contributed by atoms with Gasteiger partial charge in [-0.1, -0.05) is 26.8 Å². The van der Waals surface area contributed by atoms with Crippen LogP contribution in [-0.2, 0) is 0 Å². The first-order valence-electron chi connectivity index (χ1n) is 6.62. The molecule has 1 fully saturated rings. The molecule has 0 aromatic heterocycles. The molecule has 1 aromatic carbocycles. The fourth-order valence-corrected chi connectivity index (χ4v) is 2.42. The highest BCUT2D eigenvalue weighted by molar-refractivity contribution is 5.49. The number of hydrogen-bond donors (Lipinski definition) is 1. The number of halogens is 1. The van der Waals surface area contributed by atoms with Gasteiger partial charge in [-0.05, 0) is 30.0 Å². The van der Waals surface area contributed by atoms with Crippen LogP contribution in [0.15, 0.2) is 18.2 Å². The Labute approximate surface area is 109 Å². The largest absolute Gasteiger partial charge is 0.366 e. The Morgan fingerprint density at radius 1 is 1.33 bits per heavy atom. The summed E-state index contributed by atoms with van der Waals surface area (Å²) >= 11 is 0. The van der Waals surface area contributed by atoms with Crippen LogP contribution >= 0.6 is 0 Å². The van der Waals surface area contributed by atoms with Crippen LogP contribution in [0.2, 0.25) is 0 Å².